The van der Waals surface area contributed by atoms with Gasteiger partial charge in [0.25, 0.3) is 0 Å². The molecular formula is C15H16BrN3OS. The van der Waals surface area contributed by atoms with Gasteiger partial charge in [0.15, 0.2) is 4.96 Å². The van der Waals surface area contributed by atoms with Crippen LogP contribution in [0.25, 0.3) is 4.96 Å². The first-order chi connectivity index (χ1) is 10.3. The zero-order valence-electron chi connectivity index (χ0n) is 11.7. The van der Waals surface area contributed by atoms with E-state index < -0.39 is 0 Å². The number of imidazole rings is 1. The van der Waals surface area contributed by atoms with Crippen LogP contribution in [0.3, 0.4) is 0 Å². The van der Waals surface area contributed by atoms with Gasteiger partial charge in [-0.3, -0.25) is 4.40 Å². The number of ether oxygens (including phenoxy) is 1. The number of thiazole rings is 1. The van der Waals surface area contributed by atoms with Crippen molar-refractivity contribution in [3.8, 4) is 5.75 Å². The molecule has 0 spiro atoms. The van der Waals surface area contributed by atoms with Gasteiger partial charge in [0.05, 0.1) is 5.69 Å². The van der Waals surface area contributed by atoms with Crippen molar-refractivity contribution in [1.82, 2.24) is 14.7 Å². The van der Waals surface area contributed by atoms with Crippen LogP contribution in [0.1, 0.15) is 18.2 Å². The van der Waals surface area contributed by atoms with Crippen molar-refractivity contribution in [1.29, 1.82) is 0 Å². The largest absolute Gasteiger partial charge is 0.487 e. The maximum absolute atomic E-state index is 5.94. The molecule has 21 heavy (non-hydrogen) atoms. The Bertz CT molecular complexity index is 709. The zero-order chi connectivity index (χ0) is 14.7. The monoisotopic (exact) mass is 365 g/mol. The van der Waals surface area contributed by atoms with Gasteiger partial charge in [-0.1, -0.05) is 22.9 Å². The Labute approximate surface area is 135 Å². The van der Waals surface area contributed by atoms with Crippen LogP contribution >= 0.6 is 27.3 Å². The molecule has 0 saturated carbocycles. The first-order valence-electron chi connectivity index (χ1n) is 6.79. The van der Waals surface area contributed by atoms with E-state index in [-0.39, 0.29) is 0 Å². The third-order valence-corrected chi connectivity index (χ3v) is 4.37. The molecule has 0 amide bonds. The fraction of sp³-hybridized carbons (Fsp3) is 0.267. The summed E-state index contributed by atoms with van der Waals surface area (Å²) in [5, 5.41) is 5.35. The highest BCUT2D eigenvalue weighted by atomic mass is 79.9. The maximum Gasteiger partial charge on any atom is 0.193 e. The van der Waals surface area contributed by atoms with Crippen LogP contribution in [-0.4, -0.2) is 15.9 Å². The Hall–Kier alpha value is -1.37. The minimum atomic E-state index is 0.481. The highest BCUT2D eigenvalue weighted by Gasteiger charge is 2.07. The summed E-state index contributed by atoms with van der Waals surface area (Å²) in [5.74, 6) is 0.899. The Kier molecular flexibility index (Phi) is 4.57. The van der Waals surface area contributed by atoms with Crippen molar-refractivity contribution >= 4 is 32.2 Å². The van der Waals surface area contributed by atoms with E-state index in [1.165, 1.54) is 0 Å². The summed E-state index contributed by atoms with van der Waals surface area (Å²) in [6.45, 7) is 4.30. The van der Waals surface area contributed by atoms with Gasteiger partial charge in [-0.05, 0) is 24.7 Å². The summed E-state index contributed by atoms with van der Waals surface area (Å²) in [7, 11) is 0. The first-order valence-corrected chi connectivity index (χ1v) is 8.46. The number of nitrogens with zero attached hydrogens (tertiary/aromatic N) is 2. The summed E-state index contributed by atoms with van der Waals surface area (Å²) in [6, 6.07) is 6.08. The number of hydrogen-bond donors (Lipinski definition) is 1. The Morgan fingerprint density at radius 3 is 3.14 bits per heavy atom. The number of fused-ring (bicyclic) bond motifs is 1. The van der Waals surface area contributed by atoms with Crippen LogP contribution in [0, 0.1) is 0 Å². The number of hydrogen-bond acceptors (Lipinski definition) is 4. The van der Waals surface area contributed by atoms with E-state index in [1.807, 2.05) is 34.3 Å². The van der Waals surface area contributed by atoms with E-state index in [1.54, 1.807) is 11.3 Å². The molecule has 4 nitrogen and oxygen atoms in total. The third kappa shape index (κ3) is 3.45. The predicted molar refractivity (Wildman–Crippen MR) is 88.9 cm³/mol. The fourth-order valence-electron chi connectivity index (χ4n) is 2.08. The van der Waals surface area contributed by atoms with E-state index in [9.17, 15) is 0 Å². The molecule has 3 rings (SSSR count). The van der Waals surface area contributed by atoms with Crippen molar-refractivity contribution in [2.24, 2.45) is 0 Å². The number of rotatable bonds is 6. The van der Waals surface area contributed by atoms with Crippen LogP contribution in [0.5, 0.6) is 5.75 Å². The van der Waals surface area contributed by atoms with Crippen LogP contribution in [-0.2, 0) is 13.2 Å². The number of halogens is 1. The van der Waals surface area contributed by atoms with Gasteiger partial charge in [-0.25, -0.2) is 4.98 Å². The normalized spacial score (nSPS) is 11.1. The molecule has 1 N–H and O–H groups in total. The van der Waals surface area contributed by atoms with Gasteiger partial charge >= 0.3 is 0 Å². The average molecular weight is 366 g/mol. The summed E-state index contributed by atoms with van der Waals surface area (Å²) < 4.78 is 9.02. The summed E-state index contributed by atoms with van der Waals surface area (Å²) in [6.07, 6.45) is 4.02. The second-order valence-corrected chi connectivity index (χ2v) is 6.43. The van der Waals surface area contributed by atoms with Crippen molar-refractivity contribution < 1.29 is 4.74 Å². The summed E-state index contributed by atoms with van der Waals surface area (Å²) in [5.41, 5.74) is 2.09. The molecule has 110 valence electrons. The quantitative estimate of drug-likeness (QED) is 0.720. The SMILES string of the molecule is CCNCc1cc(Br)ccc1OCc1cn2ccsc2n1. The molecule has 0 radical (unpaired) electrons. The Morgan fingerprint density at radius 1 is 1.43 bits per heavy atom. The van der Waals surface area contributed by atoms with Crippen molar-refractivity contribution in [3.05, 3.63) is 51.7 Å². The lowest BCUT2D eigenvalue weighted by molar-refractivity contribution is 0.298. The smallest absolute Gasteiger partial charge is 0.193 e. The predicted octanol–water partition coefficient (Wildman–Crippen LogP) is 3.85. The molecule has 1 aromatic carbocycles. The Morgan fingerprint density at radius 2 is 2.33 bits per heavy atom. The zero-order valence-corrected chi connectivity index (χ0v) is 14.1. The molecule has 6 heteroatoms. The van der Waals surface area contributed by atoms with E-state index in [4.69, 9.17) is 4.74 Å². The number of nitrogens with one attached hydrogen (secondary N) is 1. The van der Waals surface area contributed by atoms with Gasteiger partial charge in [0, 0.05) is 34.4 Å². The van der Waals surface area contributed by atoms with Gasteiger partial charge < -0.3 is 10.1 Å². The molecule has 0 saturated heterocycles. The molecule has 2 aromatic heterocycles. The van der Waals surface area contributed by atoms with E-state index in [2.05, 4.69) is 39.2 Å². The average Bonchev–Trinajstić information content (AvgIpc) is 3.05. The van der Waals surface area contributed by atoms with Crippen LogP contribution in [0.2, 0.25) is 0 Å². The van der Waals surface area contributed by atoms with Crippen molar-refractivity contribution in [3.63, 3.8) is 0 Å². The molecule has 0 aliphatic carbocycles. The first kappa shape index (κ1) is 14.6. The summed E-state index contributed by atoms with van der Waals surface area (Å²) in [4.78, 5) is 5.53. The molecular weight excluding hydrogens is 350 g/mol. The highest BCUT2D eigenvalue weighted by Crippen LogP contribution is 2.24. The van der Waals surface area contributed by atoms with Crippen LogP contribution in [0.4, 0.5) is 0 Å². The van der Waals surface area contributed by atoms with Crippen LogP contribution in [0.15, 0.2) is 40.4 Å². The molecule has 0 aliphatic heterocycles. The fourth-order valence-corrected chi connectivity index (χ4v) is 3.21. The van der Waals surface area contributed by atoms with Gasteiger partial charge in [0.1, 0.15) is 12.4 Å². The lowest BCUT2D eigenvalue weighted by atomic mass is 10.2. The minimum absolute atomic E-state index is 0.481. The topological polar surface area (TPSA) is 38.6 Å². The maximum atomic E-state index is 5.94. The number of benzene rings is 1. The third-order valence-electron chi connectivity index (χ3n) is 3.11. The second kappa shape index (κ2) is 6.60. The van der Waals surface area contributed by atoms with Crippen LogP contribution < -0.4 is 10.1 Å². The molecule has 0 aliphatic rings. The van der Waals surface area contributed by atoms with Gasteiger partial charge in [-0.2, -0.15) is 0 Å². The number of aromatic nitrogens is 2. The Balaban J connectivity index is 1.73. The van der Waals surface area contributed by atoms with Crippen molar-refractivity contribution in [2.75, 3.05) is 6.54 Å². The van der Waals surface area contributed by atoms with Gasteiger partial charge in [-0.15, -0.1) is 11.3 Å². The molecule has 0 atom stereocenters. The molecule has 0 bridgehead atoms. The standard InChI is InChI=1S/C15H16BrN3OS/c1-2-17-8-11-7-12(16)3-4-14(11)20-10-13-9-19-5-6-21-15(19)18-13/h3-7,9,17H,2,8,10H2,1H3. The highest BCUT2D eigenvalue weighted by molar-refractivity contribution is 9.10. The minimum Gasteiger partial charge on any atom is -0.487 e. The van der Waals surface area contributed by atoms with E-state index in [0.29, 0.717) is 6.61 Å². The van der Waals surface area contributed by atoms with E-state index >= 15 is 0 Å². The lowest BCUT2D eigenvalue weighted by Gasteiger charge is -2.11. The summed E-state index contributed by atoms with van der Waals surface area (Å²) >= 11 is 5.13. The second-order valence-electron chi connectivity index (χ2n) is 4.65. The molecule has 0 fully saturated rings. The molecule has 2 heterocycles. The lowest BCUT2D eigenvalue weighted by Crippen LogP contribution is -2.13. The van der Waals surface area contributed by atoms with Crippen molar-refractivity contribution in [2.45, 2.75) is 20.1 Å². The van der Waals surface area contributed by atoms with Gasteiger partial charge in [0.2, 0.25) is 0 Å². The van der Waals surface area contributed by atoms with E-state index in [0.717, 1.165) is 39.5 Å². The molecule has 0 unspecified atom stereocenters. The molecule has 3 aromatic rings.